The van der Waals surface area contributed by atoms with Crippen molar-refractivity contribution in [1.82, 2.24) is 10.6 Å². The fraction of sp³-hybridized carbons (Fsp3) is 0.294. The van der Waals surface area contributed by atoms with Crippen molar-refractivity contribution in [3.8, 4) is 0 Å². The average Bonchev–Trinajstić information content (AvgIpc) is 3.04. The molecule has 0 aliphatic heterocycles. The summed E-state index contributed by atoms with van der Waals surface area (Å²) >= 11 is 12.0. The van der Waals surface area contributed by atoms with E-state index in [0.29, 0.717) is 28.3 Å². The van der Waals surface area contributed by atoms with E-state index in [1.54, 1.807) is 12.1 Å². The van der Waals surface area contributed by atoms with Gasteiger partial charge in [-0.05, 0) is 43.7 Å². The third-order valence-electron chi connectivity index (χ3n) is 3.44. The first kappa shape index (κ1) is 22.6. The number of carbonyl (C=O) groups is 1. The van der Waals surface area contributed by atoms with Gasteiger partial charge in [-0.2, -0.15) is 0 Å². The van der Waals surface area contributed by atoms with E-state index in [1.807, 2.05) is 26.0 Å². The van der Waals surface area contributed by atoms with Crippen LogP contribution >= 0.6 is 47.2 Å². The van der Waals surface area contributed by atoms with Gasteiger partial charge in [-0.3, -0.25) is 4.79 Å². The molecule has 0 fully saturated rings. The molecule has 142 valence electrons. The Kier molecular flexibility index (Phi) is 9.24. The van der Waals surface area contributed by atoms with Crippen LogP contribution in [0.5, 0.6) is 0 Å². The van der Waals surface area contributed by atoms with Crippen molar-refractivity contribution in [2.75, 3.05) is 6.54 Å². The Bertz CT molecular complexity index is 780. The second kappa shape index (κ2) is 10.6. The average molecular weight is 511 g/mol. The fourth-order valence-corrected chi connectivity index (χ4v) is 2.45. The molecule has 1 amide bonds. The minimum Gasteiger partial charge on any atom is -0.454 e. The van der Waals surface area contributed by atoms with Crippen molar-refractivity contribution in [3.05, 3.63) is 57.5 Å². The van der Waals surface area contributed by atoms with E-state index >= 15 is 0 Å². The van der Waals surface area contributed by atoms with Crippen molar-refractivity contribution in [3.63, 3.8) is 0 Å². The van der Waals surface area contributed by atoms with E-state index < -0.39 is 5.91 Å². The maximum absolute atomic E-state index is 11.1. The van der Waals surface area contributed by atoms with Crippen LogP contribution in [0.25, 0.3) is 0 Å². The third-order valence-corrected chi connectivity index (χ3v) is 4.18. The predicted octanol–water partition coefficient (Wildman–Crippen LogP) is 4.12. The number of guanidine groups is 1. The highest BCUT2D eigenvalue weighted by Gasteiger charge is 2.11. The van der Waals surface area contributed by atoms with Crippen molar-refractivity contribution in [1.29, 1.82) is 0 Å². The van der Waals surface area contributed by atoms with Crippen LogP contribution in [0.15, 0.2) is 39.7 Å². The second-order valence-electron chi connectivity index (χ2n) is 5.36. The van der Waals surface area contributed by atoms with Crippen LogP contribution < -0.4 is 16.4 Å². The number of halogens is 3. The molecular formula is C17H21Cl2IN4O2. The molecule has 6 nitrogen and oxygen atoms in total. The largest absolute Gasteiger partial charge is 0.454 e. The number of nitrogens with zero attached hydrogens (tertiary/aromatic N) is 1. The molecule has 1 aromatic heterocycles. The summed E-state index contributed by atoms with van der Waals surface area (Å²) in [4.78, 5) is 15.5. The van der Waals surface area contributed by atoms with Crippen molar-refractivity contribution in [2.45, 2.75) is 26.4 Å². The summed E-state index contributed by atoms with van der Waals surface area (Å²) in [6, 6.07) is 8.65. The van der Waals surface area contributed by atoms with Gasteiger partial charge in [-0.1, -0.05) is 29.3 Å². The lowest BCUT2D eigenvalue weighted by Gasteiger charge is -2.18. The molecule has 0 aliphatic rings. The van der Waals surface area contributed by atoms with Gasteiger partial charge in [0.05, 0.1) is 16.1 Å². The lowest BCUT2D eigenvalue weighted by molar-refractivity contribution is 0.0972. The number of nitrogens with one attached hydrogen (secondary N) is 2. The summed E-state index contributed by atoms with van der Waals surface area (Å²) in [7, 11) is 0. The molecule has 4 N–H and O–H groups in total. The molecule has 0 spiro atoms. The molecule has 1 aromatic carbocycles. The zero-order chi connectivity index (χ0) is 18.4. The van der Waals surface area contributed by atoms with Gasteiger partial charge in [-0.15, -0.1) is 24.0 Å². The number of hydrogen-bond donors (Lipinski definition) is 3. The third kappa shape index (κ3) is 6.37. The Labute approximate surface area is 179 Å². The van der Waals surface area contributed by atoms with Crippen molar-refractivity contribution in [2.24, 2.45) is 10.7 Å². The maximum Gasteiger partial charge on any atom is 0.284 e. The number of nitrogens with two attached hydrogens (primary N) is 1. The van der Waals surface area contributed by atoms with Gasteiger partial charge in [0.1, 0.15) is 12.3 Å². The number of benzene rings is 1. The van der Waals surface area contributed by atoms with Gasteiger partial charge < -0.3 is 20.8 Å². The molecule has 0 radical (unpaired) electrons. The van der Waals surface area contributed by atoms with E-state index in [4.69, 9.17) is 33.4 Å². The van der Waals surface area contributed by atoms with Gasteiger partial charge >= 0.3 is 0 Å². The quantitative estimate of drug-likeness (QED) is 0.309. The topological polar surface area (TPSA) is 92.6 Å². The lowest BCUT2D eigenvalue weighted by Crippen LogP contribution is -2.38. The molecule has 26 heavy (non-hydrogen) atoms. The Morgan fingerprint density at radius 1 is 1.27 bits per heavy atom. The van der Waals surface area contributed by atoms with Crippen LogP contribution in [0.4, 0.5) is 0 Å². The monoisotopic (exact) mass is 510 g/mol. The van der Waals surface area contributed by atoms with E-state index in [2.05, 4.69) is 15.6 Å². The van der Waals surface area contributed by atoms with Gasteiger partial charge in [-0.25, -0.2) is 4.99 Å². The fourth-order valence-electron chi connectivity index (χ4n) is 2.14. The molecule has 1 atom stereocenters. The van der Waals surface area contributed by atoms with Crippen molar-refractivity contribution >= 4 is 59.0 Å². The summed E-state index contributed by atoms with van der Waals surface area (Å²) in [6.45, 7) is 4.94. The van der Waals surface area contributed by atoms with Gasteiger partial charge in [0, 0.05) is 6.54 Å². The first-order valence-corrected chi connectivity index (χ1v) is 8.54. The van der Waals surface area contributed by atoms with Gasteiger partial charge in [0.2, 0.25) is 0 Å². The number of amides is 1. The zero-order valence-corrected chi connectivity index (χ0v) is 18.2. The minimum absolute atomic E-state index is 0. The number of primary amides is 1. The molecule has 2 rings (SSSR count). The molecule has 0 bridgehead atoms. The smallest absolute Gasteiger partial charge is 0.284 e. The van der Waals surface area contributed by atoms with Crippen LogP contribution in [0, 0.1) is 0 Å². The number of carbonyl (C=O) groups excluding carboxylic acids is 1. The summed E-state index contributed by atoms with van der Waals surface area (Å²) in [5.41, 5.74) is 6.15. The summed E-state index contributed by atoms with van der Waals surface area (Å²) in [6.07, 6.45) is 0. The first-order valence-electron chi connectivity index (χ1n) is 7.79. The highest BCUT2D eigenvalue weighted by atomic mass is 127. The molecule has 2 aromatic rings. The molecule has 9 heteroatoms. The number of rotatable bonds is 6. The number of furan rings is 1. The number of hydrogen-bond acceptors (Lipinski definition) is 3. The molecule has 1 heterocycles. The van der Waals surface area contributed by atoms with Crippen LogP contribution in [-0.2, 0) is 6.54 Å². The Hall–Kier alpha value is -1.45. The van der Waals surface area contributed by atoms with Gasteiger partial charge in [0.15, 0.2) is 11.7 Å². The van der Waals surface area contributed by atoms with Crippen LogP contribution in [-0.4, -0.2) is 18.4 Å². The van der Waals surface area contributed by atoms with Crippen LogP contribution in [0.3, 0.4) is 0 Å². The summed E-state index contributed by atoms with van der Waals surface area (Å²) < 4.78 is 5.32. The van der Waals surface area contributed by atoms with Crippen LogP contribution in [0.1, 0.15) is 41.8 Å². The van der Waals surface area contributed by atoms with Crippen molar-refractivity contribution < 1.29 is 9.21 Å². The Balaban J connectivity index is 0.00000338. The molecular weight excluding hydrogens is 490 g/mol. The molecule has 1 unspecified atom stereocenters. The van der Waals surface area contributed by atoms with E-state index in [9.17, 15) is 4.79 Å². The second-order valence-corrected chi connectivity index (χ2v) is 6.18. The zero-order valence-electron chi connectivity index (χ0n) is 14.4. The first-order chi connectivity index (χ1) is 11.9. The molecule has 0 saturated carbocycles. The lowest BCUT2D eigenvalue weighted by atomic mass is 10.1. The summed E-state index contributed by atoms with van der Waals surface area (Å²) in [5.74, 6) is 0.673. The Morgan fingerprint density at radius 2 is 2.00 bits per heavy atom. The number of aliphatic imine (C=N–C) groups is 1. The molecule has 0 saturated heterocycles. The highest BCUT2D eigenvalue weighted by molar-refractivity contribution is 14.0. The van der Waals surface area contributed by atoms with E-state index in [1.165, 1.54) is 6.07 Å². The van der Waals surface area contributed by atoms with E-state index in [-0.39, 0.29) is 42.3 Å². The minimum atomic E-state index is -0.603. The van der Waals surface area contributed by atoms with E-state index in [0.717, 1.165) is 5.56 Å². The normalized spacial score (nSPS) is 12.2. The van der Waals surface area contributed by atoms with Crippen LogP contribution in [0.2, 0.25) is 10.0 Å². The predicted molar refractivity (Wildman–Crippen MR) is 115 cm³/mol. The summed E-state index contributed by atoms with van der Waals surface area (Å²) in [5, 5.41) is 7.46. The molecule has 0 aliphatic carbocycles. The van der Waals surface area contributed by atoms with Gasteiger partial charge in [0.25, 0.3) is 5.91 Å². The SMILES string of the molecule is CCNC(=NCc1ccc(C(N)=O)o1)NC(C)c1ccc(Cl)c(Cl)c1.I. The Morgan fingerprint density at radius 3 is 2.58 bits per heavy atom. The highest BCUT2D eigenvalue weighted by Crippen LogP contribution is 2.25. The maximum atomic E-state index is 11.1. The standard InChI is InChI=1S/C17H20Cl2N4O2.HI/c1-3-21-17(22-9-12-5-7-15(25-12)16(20)24)23-10(2)11-4-6-13(18)14(19)8-11;/h4-8,10H,3,9H2,1-2H3,(H2,20,24)(H2,21,22,23);1H.